The molecule has 8 nitrogen and oxygen atoms in total. The van der Waals surface area contributed by atoms with Crippen LogP contribution >= 0.6 is 0 Å². The molecule has 0 unspecified atom stereocenters. The summed E-state index contributed by atoms with van der Waals surface area (Å²) in [5, 5.41) is 40.2. The van der Waals surface area contributed by atoms with Gasteiger partial charge in [0.25, 0.3) is 0 Å². The number of phenolic OH excluding ortho intramolecular Hbond substituents is 1. The summed E-state index contributed by atoms with van der Waals surface area (Å²) in [7, 11) is 1.39. The van der Waals surface area contributed by atoms with Gasteiger partial charge in [-0.3, -0.25) is 4.79 Å². The van der Waals surface area contributed by atoms with Crippen LogP contribution in [0.15, 0.2) is 51.7 Å². The number of rotatable bonds is 4. The summed E-state index contributed by atoms with van der Waals surface area (Å²) < 4.78 is 17.2. The number of aliphatic hydroxyl groups excluding tert-OH is 3. The molecule has 3 aromatic rings. The van der Waals surface area contributed by atoms with Crippen LogP contribution in [-0.2, 0) is 4.74 Å². The molecule has 4 atom stereocenters. The van der Waals surface area contributed by atoms with Gasteiger partial charge in [0, 0.05) is 24.1 Å². The third-order valence-corrected chi connectivity index (χ3v) is 5.33. The highest BCUT2D eigenvalue weighted by atomic mass is 16.5. The molecule has 2 aromatic carbocycles. The summed E-state index contributed by atoms with van der Waals surface area (Å²) in [6.45, 7) is -0.508. The van der Waals surface area contributed by atoms with Gasteiger partial charge in [-0.05, 0) is 0 Å². The van der Waals surface area contributed by atoms with E-state index in [1.54, 1.807) is 24.3 Å². The van der Waals surface area contributed by atoms with Gasteiger partial charge in [-0.1, -0.05) is 30.3 Å². The molecule has 2 heterocycles. The molecule has 30 heavy (non-hydrogen) atoms. The topological polar surface area (TPSA) is 130 Å². The second-order valence-corrected chi connectivity index (χ2v) is 7.20. The van der Waals surface area contributed by atoms with E-state index in [-0.39, 0.29) is 34.6 Å². The molecule has 1 aliphatic rings. The van der Waals surface area contributed by atoms with Crippen LogP contribution in [0.2, 0.25) is 0 Å². The first-order valence-corrected chi connectivity index (χ1v) is 9.50. The van der Waals surface area contributed by atoms with Crippen molar-refractivity contribution in [1.29, 1.82) is 0 Å². The van der Waals surface area contributed by atoms with Gasteiger partial charge in [0.05, 0.1) is 31.5 Å². The van der Waals surface area contributed by atoms with E-state index in [9.17, 15) is 25.2 Å². The molecule has 1 fully saturated rings. The third-order valence-electron chi connectivity index (χ3n) is 5.33. The van der Waals surface area contributed by atoms with Gasteiger partial charge in [-0.2, -0.15) is 0 Å². The second kappa shape index (κ2) is 8.08. The predicted molar refractivity (Wildman–Crippen MR) is 107 cm³/mol. The van der Waals surface area contributed by atoms with Crippen molar-refractivity contribution in [1.82, 2.24) is 0 Å². The molecule has 0 bridgehead atoms. The van der Waals surface area contributed by atoms with Crippen LogP contribution in [0.25, 0.3) is 22.3 Å². The minimum absolute atomic E-state index is 0.0207. The van der Waals surface area contributed by atoms with E-state index in [2.05, 4.69) is 0 Å². The zero-order valence-electron chi connectivity index (χ0n) is 16.2. The molecule has 8 heteroatoms. The average molecular weight is 414 g/mol. The van der Waals surface area contributed by atoms with E-state index < -0.39 is 36.5 Å². The van der Waals surface area contributed by atoms with Crippen molar-refractivity contribution in [2.24, 2.45) is 0 Å². The van der Waals surface area contributed by atoms with E-state index in [4.69, 9.17) is 13.9 Å². The molecule has 0 spiro atoms. The smallest absolute Gasteiger partial charge is 0.197 e. The van der Waals surface area contributed by atoms with E-state index in [1.165, 1.54) is 19.2 Å². The lowest BCUT2D eigenvalue weighted by atomic mass is 9.92. The number of hydrogen-bond acceptors (Lipinski definition) is 8. The standard InChI is InChI=1S/C22H22O8/c1-28-16-8-13(25)19-12(24)7-15(11-5-3-2-4-6-11)30-22(19)20(16)17-9-14(26)21(27)18(10-23)29-17/h2-8,14,17-18,21,23,25-27H,9-10H2,1H3/t14-,17+,18+,21-/m0/s1. The van der Waals surface area contributed by atoms with Crippen LogP contribution in [0.3, 0.4) is 0 Å². The molecule has 0 aliphatic carbocycles. The SMILES string of the molecule is COc1cc(O)c2c(=O)cc(-c3ccccc3)oc2c1[C@H]1C[C@H](O)[C@H](O)[C@@H](CO)O1. The van der Waals surface area contributed by atoms with Crippen LogP contribution < -0.4 is 10.2 Å². The Bertz CT molecular complexity index is 1110. The normalized spacial score (nSPS) is 24.1. The first-order valence-electron chi connectivity index (χ1n) is 9.50. The van der Waals surface area contributed by atoms with Gasteiger partial charge in [0.2, 0.25) is 0 Å². The number of hydrogen-bond donors (Lipinski definition) is 4. The Morgan fingerprint density at radius 1 is 1.17 bits per heavy atom. The van der Waals surface area contributed by atoms with Gasteiger partial charge in [0.1, 0.15) is 34.9 Å². The Hall–Kier alpha value is -2.91. The fourth-order valence-corrected chi connectivity index (χ4v) is 3.82. The van der Waals surface area contributed by atoms with Gasteiger partial charge in [0.15, 0.2) is 11.0 Å². The summed E-state index contributed by atoms with van der Waals surface area (Å²) in [6.07, 6.45) is -4.33. The minimum atomic E-state index is -1.26. The maximum absolute atomic E-state index is 12.8. The van der Waals surface area contributed by atoms with Crippen molar-refractivity contribution in [2.45, 2.75) is 30.8 Å². The number of ether oxygens (including phenoxy) is 2. The summed E-state index contributed by atoms with van der Waals surface area (Å²) in [4.78, 5) is 12.8. The van der Waals surface area contributed by atoms with Gasteiger partial charge in [-0.15, -0.1) is 0 Å². The molecular formula is C22H22O8. The molecule has 4 N–H and O–H groups in total. The third kappa shape index (κ3) is 3.44. The molecule has 0 saturated carbocycles. The van der Waals surface area contributed by atoms with Crippen LogP contribution in [0, 0.1) is 0 Å². The first-order chi connectivity index (χ1) is 14.4. The highest BCUT2D eigenvalue weighted by molar-refractivity contribution is 5.89. The largest absolute Gasteiger partial charge is 0.507 e. The van der Waals surface area contributed by atoms with Crippen molar-refractivity contribution in [3.63, 3.8) is 0 Å². The number of phenols is 1. The van der Waals surface area contributed by atoms with Gasteiger partial charge in [-0.25, -0.2) is 0 Å². The molecule has 1 saturated heterocycles. The Morgan fingerprint density at radius 2 is 1.90 bits per heavy atom. The molecule has 0 amide bonds. The number of aliphatic hydroxyl groups is 3. The summed E-state index contributed by atoms with van der Waals surface area (Å²) in [6, 6.07) is 11.6. The number of fused-ring (bicyclic) bond motifs is 1. The van der Waals surface area contributed by atoms with Crippen molar-refractivity contribution < 1.29 is 34.3 Å². The molecule has 4 rings (SSSR count). The van der Waals surface area contributed by atoms with Gasteiger partial charge >= 0.3 is 0 Å². The van der Waals surface area contributed by atoms with Crippen LogP contribution in [0.4, 0.5) is 0 Å². The summed E-state index contributed by atoms with van der Waals surface area (Å²) in [5.41, 5.74) is 0.581. The average Bonchev–Trinajstić information content (AvgIpc) is 2.75. The highest BCUT2D eigenvalue weighted by Crippen LogP contribution is 2.43. The van der Waals surface area contributed by atoms with E-state index in [1.807, 2.05) is 6.07 Å². The predicted octanol–water partition coefficient (Wildman–Crippen LogP) is 1.72. The summed E-state index contributed by atoms with van der Waals surface area (Å²) in [5.74, 6) is 0.171. The Morgan fingerprint density at radius 3 is 2.57 bits per heavy atom. The summed E-state index contributed by atoms with van der Waals surface area (Å²) >= 11 is 0. The first kappa shape index (κ1) is 20.4. The Kier molecular flexibility index (Phi) is 5.48. The van der Waals surface area contributed by atoms with Crippen LogP contribution in [0.1, 0.15) is 18.1 Å². The lowest BCUT2D eigenvalue weighted by Crippen LogP contribution is -2.47. The lowest BCUT2D eigenvalue weighted by molar-refractivity contribution is -0.181. The van der Waals surface area contributed by atoms with E-state index >= 15 is 0 Å². The van der Waals surface area contributed by atoms with Crippen molar-refractivity contribution in [3.05, 3.63) is 58.3 Å². The highest BCUT2D eigenvalue weighted by Gasteiger charge is 2.39. The minimum Gasteiger partial charge on any atom is -0.507 e. The second-order valence-electron chi connectivity index (χ2n) is 7.20. The molecular weight excluding hydrogens is 392 g/mol. The van der Waals surface area contributed by atoms with E-state index in [0.717, 1.165) is 0 Å². The molecule has 1 aliphatic heterocycles. The fourth-order valence-electron chi connectivity index (χ4n) is 3.82. The maximum Gasteiger partial charge on any atom is 0.197 e. The van der Waals surface area contributed by atoms with Crippen molar-refractivity contribution >= 4 is 11.0 Å². The van der Waals surface area contributed by atoms with E-state index in [0.29, 0.717) is 11.1 Å². The Labute approximate surface area is 171 Å². The van der Waals surface area contributed by atoms with Crippen LogP contribution in [0.5, 0.6) is 11.5 Å². The Balaban J connectivity index is 1.97. The number of methoxy groups -OCH3 is 1. The number of benzene rings is 2. The fraction of sp³-hybridized carbons (Fsp3) is 0.318. The lowest BCUT2D eigenvalue weighted by Gasteiger charge is -2.37. The quantitative estimate of drug-likeness (QED) is 0.508. The van der Waals surface area contributed by atoms with Crippen molar-refractivity contribution in [2.75, 3.05) is 13.7 Å². The zero-order chi connectivity index (χ0) is 21.4. The monoisotopic (exact) mass is 414 g/mol. The number of aromatic hydroxyl groups is 1. The molecule has 158 valence electrons. The van der Waals surface area contributed by atoms with Crippen molar-refractivity contribution in [3.8, 4) is 22.8 Å². The maximum atomic E-state index is 12.8. The molecule has 1 aromatic heterocycles. The zero-order valence-corrected chi connectivity index (χ0v) is 16.2. The van der Waals surface area contributed by atoms with Gasteiger partial charge < -0.3 is 34.3 Å². The molecule has 0 radical (unpaired) electrons. The van der Waals surface area contributed by atoms with Crippen LogP contribution in [-0.4, -0.2) is 52.5 Å².